The molecule has 1 unspecified atom stereocenters. The Morgan fingerprint density at radius 1 is 1.47 bits per heavy atom. The second kappa shape index (κ2) is 7.16. The summed E-state index contributed by atoms with van der Waals surface area (Å²) in [5.74, 6) is -0.163. The van der Waals surface area contributed by atoms with Gasteiger partial charge in [-0.2, -0.15) is 0 Å². The van der Waals surface area contributed by atoms with E-state index in [1.807, 2.05) is 18.4 Å². The third-order valence-corrected chi connectivity index (χ3v) is 2.83. The normalized spacial score (nSPS) is 12.7. The molecule has 19 heavy (non-hydrogen) atoms. The number of anilines is 1. The number of rotatable bonds is 7. The molecule has 0 aliphatic carbocycles. The minimum atomic E-state index is -0.163. The number of nitrogen functional groups attached to an aromatic ring is 1. The number of nitrogens with two attached hydrogens (primary N) is 1. The Balaban J connectivity index is 2.67. The van der Waals surface area contributed by atoms with Crippen molar-refractivity contribution in [2.24, 2.45) is 0 Å². The molecule has 0 radical (unpaired) electrons. The maximum Gasteiger partial charge on any atom is 0.268 e. The summed E-state index contributed by atoms with van der Waals surface area (Å²) >= 11 is 0. The molecule has 0 bridgehead atoms. The van der Waals surface area contributed by atoms with E-state index >= 15 is 0 Å². The highest BCUT2D eigenvalue weighted by Gasteiger charge is 2.16. The van der Waals surface area contributed by atoms with Crippen molar-refractivity contribution >= 4 is 11.6 Å². The average Bonchev–Trinajstić information content (AvgIpc) is 2.76. The lowest BCUT2D eigenvalue weighted by Gasteiger charge is -2.16. The predicted molar refractivity (Wildman–Crippen MR) is 74.2 cm³/mol. The summed E-state index contributed by atoms with van der Waals surface area (Å²) in [6.07, 6.45) is 1.61. The highest BCUT2D eigenvalue weighted by atomic mass is 16.5. The van der Waals surface area contributed by atoms with E-state index in [2.05, 4.69) is 5.32 Å². The zero-order valence-corrected chi connectivity index (χ0v) is 12.0. The van der Waals surface area contributed by atoms with Crippen LogP contribution in [0.4, 0.5) is 5.69 Å². The quantitative estimate of drug-likeness (QED) is 0.775. The van der Waals surface area contributed by atoms with Crippen molar-refractivity contribution in [2.75, 3.05) is 33.1 Å². The Bertz CT molecular complexity index is 415. The lowest BCUT2D eigenvalue weighted by Crippen LogP contribution is -2.36. The van der Waals surface area contributed by atoms with Gasteiger partial charge in [0.2, 0.25) is 0 Å². The second-order valence-electron chi connectivity index (χ2n) is 4.68. The zero-order valence-electron chi connectivity index (χ0n) is 12.0. The van der Waals surface area contributed by atoms with Gasteiger partial charge in [-0.1, -0.05) is 0 Å². The number of methoxy groups -OCH3 is 2. The lowest BCUT2D eigenvalue weighted by atomic mass is 10.3. The number of hydrogen-bond donors (Lipinski definition) is 2. The second-order valence-corrected chi connectivity index (χ2v) is 4.68. The van der Waals surface area contributed by atoms with Gasteiger partial charge in [-0.25, -0.2) is 0 Å². The number of carbonyl (C=O) groups is 1. The molecule has 0 aliphatic heterocycles. The molecule has 6 nitrogen and oxygen atoms in total. The van der Waals surface area contributed by atoms with Gasteiger partial charge in [0, 0.05) is 33.0 Å². The lowest BCUT2D eigenvalue weighted by molar-refractivity contribution is 0.0284. The highest BCUT2D eigenvalue weighted by Crippen LogP contribution is 2.16. The molecule has 1 aromatic heterocycles. The summed E-state index contributed by atoms with van der Waals surface area (Å²) in [5, 5.41) is 2.82. The van der Waals surface area contributed by atoms with Crippen LogP contribution in [0.3, 0.4) is 0 Å². The van der Waals surface area contributed by atoms with E-state index in [4.69, 9.17) is 15.2 Å². The topological polar surface area (TPSA) is 78.5 Å². The van der Waals surface area contributed by atoms with Crippen LogP contribution in [-0.4, -0.2) is 43.9 Å². The minimum Gasteiger partial charge on any atom is -0.397 e. The number of aromatic nitrogens is 1. The number of amides is 1. The maximum absolute atomic E-state index is 12.1. The Labute approximate surface area is 113 Å². The van der Waals surface area contributed by atoms with Crippen molar-refractivity contribution in [3.05, 3.63) is 18.0 Å². The fourth-order valence-electron chi connectivity index (χ4n) is 1.80. The fraction of sp³-hybridized carbons (Fsp3) is 0.615. The van der Waals surface area contributed by atoms with E-state index in [1.54, 1.807) is 26.5 Å². The molecule has 0 saturated heterocycles. The third kappa shape index (κ3) is 4.25. The van der Waals surface area contributed by atoms with Crippen LogP contribution in [0.25, 0.3) is 0 Å². The molecule has 0 saturated carbocycles. The van der Waals surface area contributed by atoms with Crippen molar-refractivity contribution < 1.29 is 14.3 Å². The molecule has 1 heterocycles. The summed E-state index contributed by atoms with van der Waals surface area (Å²) in [4.78, 5) is 12.1. The molecule has 0 fully saturated rings. The number of nitrogens with one attached hydrogen (secondary N) is 1. The van der Waals surface area contributed by atoms with Crippen LogP contribution in [-0.2, 0) is 9.47 Å². The van der Waals surface area contributed by atoms with Crippen molar-refractivity contribution in [3.63, 3.8) is 0 Å². The SMILES string of the molecule is COCC(CNC(=O)c1cc(N)cn1C(C)C)OC. The molecule has 6 heteroatoms. The largest absolute Gasteiger partial charge is 0.397 e. The summed E-state index contributed by atoms with van der Waals surface area (Å²) in [5.41, 5.74) is 6.88. The van der Waals surface area contributed by atoms with Crippen molar-refractivity contribution in [1.29, 1.82) is 0 Å². The van der Waals surface area contributed by atoms with E-state index in [9.17, 15) is 4.79 Å². The van der Waals surface area contributed by atoms with Crippen LogP contribution in [0.2, 0.25) is 0 Å². The number of carbonyl (C=O) groups excluding carboxylic acids is 1. The van der Waals surface area contributed by atoms with Crippen molar-refractivity contribution in [2.45, 2.75) is 26.0 Å². The van der Waals surface area contributed by atoms with Gasteiger partial charge in [0.1, 0.15) is 5.69 Å². The standard InChI is InChI=1S/C13H23N3O3/c1-9(2)16-7-10(14)5-12(16)13(17)15-6-11(19-4)8-18-3/h5,7,9,11H,6,8,14H2,1-4H3,(H,15,17). The highest BCUT2D eigenvalue weighted by molar-refractivity contribution is 5.93. The first-order valence-corrected chi connectivity index (χ1v) is 6.26. The van der Waals surface area contributed by atoms with Gasteiger partial charge in [0.15, 0.2) is 0 Å². The average molecular weight is 269 g/mol. The third-order valence-electron chi connectivity index (χ3n) is 2.83. The molecule has 1 amide bonds. The first kappa shape index (κ1) is 15.5. The van der Waals surface area contributed by atoms with Crippen LogP contribution in [0.15, 0.2) is 12.3 Å². The molecular formula is C13H23N3O3. The molecule has 3 N–H and O–H groups in total. The molecule has 0 aromatic carbocycles. The molecule has 1 aromatic rings. The van der Waals surface area contributed by atoms with Gasteiger partial charge < -0.3 is 25.1 Å². The summed E-state index contributed by atoms with van der Waals surface area (Å²) in [6, 6.07) is 1.85. The molecule has 0 aliphatic rings. The smallest absolute Gasteiger partial charge is 0.268 e. The van der Waals surface area contributed by atoms with Crippen LogP contribution in [0.5, 0.6) is 0 Å². The van der Waals surface area contributed by atoms with Gasteiger partial charge >= 0.3 is 0 Å². The van der Waals surface area contributed by atoms with Crippen LogP contribution >= 0.6 is 0 Å². The minimum absolute atomic E-state index is 0.159. The molecule has 108 valence electrons. The summed E-state index contributed by atoms with van der Waals surface area (Å²) < 4.78 is 12.0. The monoisotopic (exact) mass is 269 g/mol. The van der Waals surface area contributed by atoms with Crippen LogP contribution in [0.1, 0.15) is 30.4 Å². The van der Waals surface area contributed by atoms with Gasteiger partial charge in [0.05, 0.1) is 18.4 Å². The van der Waals surface area contributed by atoms with Crippen LogP contribution < -0.4 is 11.1 Å². The number of ether oxygens (including phenoxy) is 2. The van der Waals surface area contributed by atoms with Gasteiger partial charge in [0.25, 0.3) is 5.91 Å². The predicted octanol–water partition coefficient (Wildman–Crippen LogP) is 1.04. The van der Waals surface area contributed by atoms with Crippen LogP contribution in [0, 0.1) is 0 Å². The van der Waals surface area contributed by atoms with Crippen molar-refractivity contribution in [1.82, 2.24) is 9.88 Å². The molecule has 0 spiro atoms. The van der Waals surface area contributed by atoms with E-state index in [0.29, 0.717) is 24.5 Å². The summed E-state index contributed by atoms with van der Waals surface area (Å²) in [7, 11) is 3.18. The Morgan fingerprint density at radius 2 is 2.16 bits per heavy atom. The molecule has 1 rings (SSSR count). The Hall–Kier alpha value is -1.53. The van der Waals surface area contributed by atoms with Gasteiger partial charge in [-0.15, -0.1) is 0 Å². The fourth-order valence-corrected chi connectivity index (χ4v) is 1.80. The molecule has 1 atom stereocenters. The first-order chi connectivity index (χ1) is 8.99. The summed E-state index contributed by atoms with van der Waals surface area (Å²) in [6.45, 7) is 4.83. The first-order valence-electron chi connectivity index (χ1n) is 6.26. The zero-order chi connectivity index (χ0) is 14.4. The number of nitrogens with zero attached hydrogens (tertiary/aromatic N) is 1. The van der Waals surface area contributed by atoms with Crippen molar-refractivity contribution in [3.8, 4) is 0 Å². The van der Waals surface area contributed by atoms with E-state index < -0.39 is 0 Å². The number of hydrogen-bond acceptors (Lipinski definition) is 4. The maximum atomic E-state index is 12.1. The van der Waals surface area contributed by atoms with E-state index in [0.717, 1.165) is 0 Å². The Kier molecular flexibility index (Phi) is 5.85. The van der Waals surface area contributed by atoms with E-state index in [-0.39, 0.29) is 18.1 Å². The Morgan fingerprint density at radius 3 is 2.68 bits per heavy atom. The van der Waals surface area contributed by atoms with Gasteiger partial charge in [-0.05, 0) is 19.9 Å². The van der Waals surface area contributed by atoms with Gasteiger partial charge in [-0.3, -0.25) is 4.79 Å². The molecular weight excluding hydrogens is 246 g/mol. The van der Waals surface area contributed by atoms with E-state index in [1.165, 1.54) is 0 Å².